The van der Waals surface area contributed by atoms with Gasteiger partial charge in [0.1, 0.15) is 19.5 Å². The van der Waals surface area contributed by atoms with Crippen molar-refractivity contribution >= 4 is 27.7 Å². The number of piperazine rings is 1. The lowest BCUT2D eigenvalue weighted by molar-refractivity contribution is -0.129. The smallest absolute Gasteiger partial charge is 0.243 e. The summed E-state index contributed by atoms with van der Waals surface area (Å²) in [6.07, 6.45) is 1.63. The van der Waals surface area contributed by atoms with E-state index in [1.54, 1.807) is 17.3 Å². The van der Waals surface area contributed by atoms with E-state index in [0.29, 0.717) is 43.0 Å². The van der Waals surface area contributed by atoms with E-state index in [1.807, 2.05) is 11.5 Å². The molecular weight excluding hydrogens is 430 g/mol. The van der Waals surface area contributed by atoms with Crippen molar-refractivity contribution in [3.05, 3.63) is 24.5 Å². The number of carbonyl (C=O) groups is 1. The van der Waals surface area contributed by atoms with Crippen LogP contribution < -0.4 is 9.47 Å². The molecule has 1 saturated heterocycles. The van der Waals surface area contributed by atoms with Gasteiger partial charge in [-0.1, -0.05) is 11.8 Å². The molecule has 162 valence electrons. The van der Waals surface area contributed by atoms with Crippen LogP contribution in [-0.4, -0.2) is 83.4 Å². The number of fused-ring (bicyclic) bond motifs is 1. The first-order chi connectivity index (χ1) is 14.5. The standard InChI is InChI=1S/C18H23N5O5S2/c1-2-21-13-19-20-18(21)29-12-17(24)22-5-7-23(8-6-22)30(25,26)14-3-4-15-16(11-14)28-10-9-27-15/h3-4,11,13H,2,5-10,12H2,1H3. The quantitative estimate of drug-likeness (QED) is 0.588. The Balaban J connectivity index is 1.35. The predicted octanol–water partition coefficient (Wildman–Crippen LogP) is 0.694. The summed E-state index contributed by atoms with van der Waals surface area (Å²) in [6.45, 7) is 4.76. The number of aromatic nitrogens is 3. The molecule has 10 nitrogen and oxygen atoms in total. The molecule has 2 aromatic rings. The fraction of sp³-hybridized carbons (Fsp3) is 0.500. The molecule has 4 rings (SSSR count). The van der Waals surface area contributed by atoms with Crippen molar-refractivity contribution in [3.63, 3.8) is 0 Å². The maximum absolute atomic E-state index is 13.0. The maximum Gasteiger partial charge on any atom is 0.243 e. The van der Waals surface area contributed by atoms with Gasteiger partial charge in [-0.15, -0.1) is 10.2 Å². The Morgan fingerprint density at radius 2 is 1.87 bits per heavy atom. The normalized spacial score (nSPS) is 17.2. The number of aryl methyl sites for hydroxylation is 1. The number of benzene rings is 1. The third-order valence-corrected chi connectivity index (χ3v) is 7.85. The zero-order chi connectivity index (χ0) is 21.1. The van der Waals surface area contributed by atoms with E-state index >= 15 is 0 Å². The van der Waals surface area contributed by atoms with Crippen molar-refractivity contribution in [2.24, 2.45) is 0 Å². The minimum Gasteiger partial charge on any atom is -0.486 e. The summed E-state index contributed by atoms with van der Waals surface area (Å²) in [4.78, 5) is 14.4. The Hall–Kier alpha value is -2.31. The van der Waals surface area contributed by atoms with Crippen LogP contribution in [0.15, 0.2) is 34.6 Å². The van der Waals surface area contributed by atoms with Crippen molar-refractivity contribution in [2.45, 2.75) is 23.5 Å². The van der Waals surface area contributed by atoms with E-state index in [4.69, 9.17) is 9.47 Å². The second kappa shape index (κ2) is 8.82. The molecule has 0 unspecified atom stereocenters. The molecule has 0 radical (unpaired) electrons. The number of rotatable bonds is 6. The lowest BCUT2D eigenvalue weighted by atomic mass is 10.3. The second-order valence-electron chi connectivity index (χ2n) is 6.78. The number of carbonyl (C=O) groups excluding carboxylic acids is 1. The minimum absolute atomic E-state index is 0.0398. The van der Waals surface area contributed by atoms with Crippen LogP contribution in [0.1, 0.15) is 6.92 Å². The van der Waals surface area contributed by atoms with Crippen LogP contribution in [0.3, 0.4) is 0 Å². The van der Waals surface area contributed by atoms with Crippen molar-refractivity contribution in [1.82, 2.24) is 24.0 Å². The highest BCUT2D eigenvalue weighted by Crippen LogP contribution is 2.33. The minimum atomic E-state index is -3.67. The van der Waals surface area contributed by atoms with Crippen LogP contribution in [0.2, 0.25) is 0 Å². The van der Waals surface area contributed by atoms with E-state index in [2.05, 4.69) is 10.2 Å². The summed E-state index contributed by atoms with van der Waals surface area (Å²) < 4.78 is 40.2. The molecule has 1 aromatic heterocycles. The molecule has 0 aliphatic carbocycles. The molecular formula is C18H23N5O5S2. The Morgan fingerprint density at radius 1 is 1.13 bits per heavy atom. The lowest BCUT2D eigenvalue weighted by Gasteiger charge is -2.34. The summed E-state index contributed by atoms with van der Waals surface area (Å²) in [7, 11) is -3.67. The molecule has 12 heteroatoms. The Bertz CT molecular complexity index is 1020. The predicted molar refractivity (Wildman–Crippen MR) is 109 cm³/mol. The van der Waals surface area contributed by atoms with Gasteiger partial charge in [0.15, 0.2) is 16.7 Å². The summed E-state index contributed by atoms with van der Waals surface area (Å²) in [6, 6.07) is 4.65. The second-order valence-corrected chi connectivity index (χ2v) is 9.66. The van der Waals surface area contributed by atoms with Crippen LogP contribution in [0.25, 0.3) is 0 Å². The Morgan fingerprint density at radius 3 is 2.60 bits per heavy atom. The number of nitrogens with zero attached hydrogens (tertiary/aromatic N) is 5. The number of hydrogen-bond donors (Lipinski definition) is 0. The van der Waals surface area contributed by atoms with Gasteiger partial charge in [-0.25, -0.2) is 8.42 Å². The van der Waals surface area contributed by atoms with Crippen LogP contribution in [-0.2, 0) is 21.4 Å². The van der Waals surface area contributed by atoms with Gasteiger partial charge in [0, 0.05) is 38.8 Å². The zero-order valence-corrected chi connectivity index (χ0v) is 18.2. The SMILES string of the molecule is CCn1cnnc1SCC(=O)N1CCN(S(=O)(=O)c2ccc3c(c2)OCCO3)CC1. The van der Waals surface area contributed by atoms with Crippen molar-refractivity contribution in [1.29, 1.82) is 0 Å². The van der Waals surface area contributed by atoms with Crippen LogP contribution in [0.5, 0.6) is 11.5 Å². The molecule has 30 heavy (non-hydrogen) atoms. The number of amides is 1. The highest BCUT2D eigenvalue weighted by atomic mass is 32.2. The summed E-state index contributed by atoms with van der Waals surface area (Å²) in [5.41, 5.74) is 0. The van der Waals surface area contributed by atoms with Crippen LogP contribution in [0, 0.1) is 0 Å². The van der Waals surface area contributed by atoms with Gasteiger partial charge in [-0.3, -0.25) is 4.79 Å². The maximum atomic E-state index is 13.0. The number of sulfonamides is 1. The first kappa shape index (κ1) is 20.9. The molecule has 0 atom stereocenters. The molecule has 2 aliphatic rings. The van der Waals surface area contributed by atoms with E-state index in [9.17, 15) is 13.2 Å². The van der Waals surface area contributed by atoms with E-state index in [0.717, 1.165) is 6.54 Å². The molecule has 0 saturated carbocycles. The average Bonchev–Trinajstić information content (AvgIpc) is 3.25. The zero-order valence-electron chi connectivity index (χ0n) is 16.6. The summed E-state index contributed by atoms with van der Waals surface area (Å²) >= 11 is 1.34. The van der Waals surface area contributed by atoms with Gasteiger partial charge < -0.3 is 18.9 Å². The van der Waals surface area contributed by atoms with Gasteiger partial charge >= 0.3 is 0 Å². The fourth-order valence-electron chi connectivity index (χ4n) is 3.30. The summed E-state index contributed by atoms with van der Waals surface area (Å²) in [5.74, 6) is 1.19. The monoisotopic (exact) mass is 453 g/mol. The third kappa shape index (κ3) is 4.25. The molecule has 1 aromatic carbocycles. The molecule has 0 spiro atoms. The van der Waals surface area contributed by atoms with Gasteiger partial charge in [-0.2, -0.15) is 4.31 Å². The molecule has 0 bridgehead atoms. The topological polar surface area (TPSA) is 107 Å². The van der Waals surface area contributed by atoms with E-state index in [1.165, 1.54) is 28.2 Å². The van der Waals surface area contributed by atoms with Crippen LogP contribution in [0.4, 0.5) is 0 Å². The van der Waals surface area contributed by atoms with Gasteiger partial charge in [-0.05, 0) is 19.1 Å². The van der Waals surface area contributed by atoms with Crippen molar-refractivity contribution in [3.8, 4) is 11.5 Å². The Kier molecular flexibility index (Phi) is 6.16. The third-order valence-electron chi connectivity index (χ3n) is 4.99. The number of thioether (sulfide) groups is 1. The van der Waals surface area contributed by atoms with Gasteiger partial charge in [0.25, 0.3) is 0 Å². The molecule has 1 amide bonds. The first-order valence-corrected chi connectivity index (χ1v) is 12.1. The lowest BCUT2D eigenvalue weighted by Crippen LogP contribution is -2.51. The van der Waals surface area contributed by atoms with Gasteiger partial charge in [0.2, 0.25) is 15.9 Å². The fourth-order valence-corrected chi connectivity index (χ4v) is 5.62. The summed E-state index contributed by atoms with van der Waals surface area (Å²) in [5, 5.41) is 8.56. The largest absolute Gasteiger partial charge is 0.486 e. The number of hydrogen-bond acceptors (Lipinski definition) is 8. The average molecular weight is 454 g/mol. The van der Waals surface area contributed by atoms with Crippen molar-refractivity contribution in [2.75, 3.05) is 45.1 Å². The van der Waals surface area contributed by atoms with E-state index in [-0.39, 0.29) is 29.6 Å². The Labute approximate surface area is 179 Å². The van der Waals surface area contributed by atoms with E-state index < -0.39 is 10.0 Å². The molecule has 1 fully saturated rings. The highest BCUT2D eigenvalue weighted by Gasteiger charge is 2.31. The number of ether oxygens (including phenoxy) is 2. The van der Waals surface area contributed by atoms with Crippen LogP contribution >= 0.6 is 11.8 Å². The highest BCUT2D eigenvalue weighted by molar-refractivity contribution is 7.99. The molecule has 2 aliphatic heterocycles. The van der Waals surface area contributed by atoms with Crippen molar-refractivity contribution < 1.29 is 22.7 Å². The molecule has 0 N–H and O–H groups in total. The first-order valence-electron chi connectivity index (χ1n) is 9.67. The molecule has 3 heterocycles. The van der Waals surface area contributed by atoms with Gasteiger partial charge in [0.05, 0.1) is 10.6 Å².